The molecule has 5 rings (SSSR count). The van der Waals surface area contributed by atoms with Crippen molar-refractivity contribution in [2.24, 2.45) is 5.41 Å². The Labute approximate surface area is 202 Å². The van der Waals surface area contributed by atoms with Crippen LogP contribution in [0.15, 0.2) is 53.3 Å². The fourth-order valence-electron chi connectivity index (χ4n) is 4.46. The highest BCUT2D eigenvalue weighted by Gasteiger charge is 2.23. The molecular weight excluding hydrogens is 440 g/mol. The van der Waals surface area contributed by atoms with Gasteiger partial charge in [0, 0.05) is 12.0 Å². The maximum Gasteiger partial charge on any atom is 0.290 e. The van der Waals surface area contributed by atoms with E-state index in [-0.39, 0.29) is 11.0 Å². The Morgan fingerprint density at radius 3 is 2.34 bits per heavy atom. The molecule has 2 N–H and O–H groups in total. The van der Waals surface area contributed by atoms with Gasteiger partial charge in [-0.2, -0.15) is 10.3 Å². The lowest BCUT2D eigenvalue weighted by atomic mass is 9.91. The van der Waals surface area contributed by atoms with Crippen molar-refractivity contribution in [3.63, 3.8) is 0 Å². The SMILES string of the molecule is CCc1n[nH]c(=O)c2c1nc(CC(C)(C)C)n2Cc1ccccc1-c1ccccc1-c1nn[nH]n1. The van der Waals surface area contributed by atoms with Crippen LogP contribution in [0.25, 0.3) is 33.5 Å². The van der Waals surface area contributed by atoms with Gasteiger partial charge in [0.15, 0.2) is 0 Å². The second-order valence-corrected chi connectivity index (χ2v) is 9.84. The van der Waals surface area contributed by atoms with Crippen molar-refractivity contribution in [3.8, 4) is 22.5 Å². The Morgan fingerprint density at radius 2 is 1.66 bits per heavy atom. The summed E-state index contributed by atoms with van der Waals surface area (Å²) in [6.07, 6.45) is 1.42. The van der Waals surface area contributed by atoms with Crippen LogP contribution in [0.2, 0.25) is 0 Å². The topological polar surface area (TPSA) is 118 Å². The summed E-state index contributed by atoms with van der Waals surface area (Å²) in [7, 11) is 0. The van der Waals surface area contributed by atoms with Gasteiger partial charge in [-0.1, -0.05) is 76.2 Å². The van der Waals surface area contributed by atoms with Gasteiger partial charge < -0.3 is 4.57 Å². The molecule has 0 aliphatic rings. The lowest BCUT2D eigenvalue weighted by molar-refractivity contribution is 0.394. The van der Waals surface area contributed by atoms with Crippen LogP contribution >= 0.6 is 0 Å². The highest BCUT2D eigenvalue weighted by atomic mass is 16.1. The summed E-state index contributed by atoms with van der Waals surface area (Å²) < 4.78 is 2.05. The van der Waals surface area contributed by atoms with Gasteiger partial charge in [0.05, 0.1) is 12.2 Å². The van der Waals surface area contributed by atoms with Gasteiger partial charge in [-0.3, -0.25) is 4.79 Å². The number of benzene rings is 2. The van der Waals surface area contributed by atoms with Crippen LogP contribution in [0.5, 0.6) is 0 Å². The normalized spacial score (nSPS) is 11.9. The number of imidazole rings is 1. The number of fused-ring (bicyclic) bond motifs is 1. The first-order valence-corrected chi connectivity index (χ1v) is 11.7. The Morgan fingerprint density at radius 1 is 0.943 bits per heavy atom. The number of aromatic amines is 2. The zero-order valence-electron chi connectivity index (χ0n) is 20.3. The van der Waals surface area contributed by atoms with Crippen molar-refractivity contribution >= 4 is 11.0 Å². The number of aryl methyl sites for hydroxylation is 1. The molecule has 9 heteroatoms. The fourth-order valence-corrected chi connectivity index (χ4v) is 4.46. The Hall–Kier alpha value is -4.14. The first-order valence-electron chi connectivity index (χ1n) is 11.7. The predicted octanol–water partition coefficient (Wildman–Crippen LogP) is 4.17. The Balaban J connectivity index is 1.70. The first-order chi connectivity index (χ1) is 16.9. The number of nitrogens with zero attached hydrogens (tertiary/aromatic N) is 6. The van der Waals surface area contributed by atoms with Gasteiger partial charge in [-0.25, -0.2) is 10.1 Å². The molecule has 2 aromatic carbocycles. The van der Waals surface area contributed by atoms with Crippen LogP contribution in [0.4, 0.5) is 0 Å². The minimum Gasteiger partial charge on any atom is -0.319 e. The summed E-state index contributed by atoms with van der Waals surface area (Å²) in [6.45, 7) is 9.04. The lowest BCUT2D eigenvalue weighted by Gasteiger charge is -2.20. The van der Waals surface area contributed by atoms with E-state index in [1.54, 1.807) is 0 Å². The molecule has 0 aliphatic carbocycles. The van der Waals surface area contributed by atoms with Gasteiger partial charge in [-0.05, 0) is 33.7 Å². The predicted molar refractivity (Wildman–Crippen MR) is 135 cm³/mol. The molecular formula is C26H28N8O. The molecule has 0 aliphatic heterocycles. The second kappa shape index (κ2) is 8.90. The number of aromatic nitrogens is 8. The number of hydrogen-bond donors (Lipinski definition) is 2. The summed E-state index contributed by atoms with van der Waals surface area (Å²) in [4.78, 5) is 17.9. The molecule has 0 spiro atoms. The quantitative estimate of drug-likeness (QED) is 0.386. The number of H-pyrrole nitrogens is 2. The summed E-state index contributed by atoms with van der Waals surface area (Å²) in [5.41, 5.74) is 5.79. The van der Waals surface area contributed by atoms with Gasteiger partial charge in [0.2, 0.25) is 5.82 Å². The summed E-state index contributed by atoms with van der Waals surface area (Å²) in [5.74, 6) is 1.41. The van der Waals surface area contributed by atoms with Crippen molar-refractivity contribution in [2.75, 3.05) is 0 Å². The Bertz CT molecular complexity index is 1540. The highest BCUT2D eigenvalue weighted by molar-refractivity contribution is 5.82. The van der Waals surface area contributed by atoms with Gasteiger partial charge >= 0.3 is 0 Å². The van der Waals surface area contributed by atoms with Crippen molar-refractivity contribution in [1.82, 2.24) is 40.4 Å². The van der Waals surface area contributed by atoms with E-state index >= 15 is 0 Å². The minimum atomic E-state index is -0.227. The summed E-state index contributed by atoms with van der Waals surface area (Å²) in [5, 5.41) is 21.6. The van der Waals surface area contributed by atoms with E-state index < -0.39 is 0 Å². The molecule has 35 heavy (non-hydrogen) atoms. The van der Waals surface area contributed by atoms with Crippen molar-refractivity contribution < 1.29 is 0 Å². The maximum atomic E-state index is 13.0. The molecule has 0 amide bonds. The molecule has 0 radical (unpaired) electrons. The monoisotopic (exact) mass is 468 g/mol. The van der Waals surface area contributed by atoms with Gasteiger partial charge in [0.25, 0.3) is 5.56 Å². The molecule has 3 heterocycles. The number of nitrogens with one attached hydrogen (secondary N) is 2. The third-order valence-electron chi connectivity index (χ3n) is 6.00. The number of rotatable bonds is 6. The zero-order valence-corrected chi connectivity index (χ0v) is 20.3. The van der Waals surface area contributed by atoms with Crippen LogP contribution in [0.1, 0.15) is 44.8 Å². The van der Waals surface area contributed by atoms with Crippen molar-refractivity contribution in [1.29, 1.82) is 0 Å². The smallest absolute Gasteiger partial charge is 0.290 e. The van der Waals surface area contributed by atoms with E-state index in [1.807, 2.05) is 37.3 Å². The third-order valence-corrected chi connectivity index (χ3v) is 6.00. The molecule has 5 aromatic rings. The minimum absolute atomic E-state index is 0.00354. The number of tetrazole rings is 1. The molecule has 178 valence electrons. The average Bonchev–Trinajstić information content (AvgIpc) is 3.48. The molecule has 0 saturated heterocycles. The zero-order chi connectivity index (χ0) is 24.6. The van der Waals surface area contributed by atoms with E-state index in [9.17, 15) is 4.79 Å². The maximum absolute atomic E-state index is 13.0. The van der Waals surface area contributed by atoms with E-state index in [2.05, 4.69) is 74.4 Å². The largest absolute Gasteiger partial charge is 0.319 e. The van der Waals surface area contributed by atoms with E-state index in [4.69, 9.17) is 4.98 Å². The number of hydrogen-bond acceptors (Lipinski definition) is 6. The van der Waals surface area contributed by atoms with E-state index in [0.29, 0.717) is 29.8 Å². The van der Waals surface area contributed by atoms with Crippen LogP contribution in [-0.2, 0) is 19.4 Å². The first kappa shape index (κ1) is 22.6. The molecule has 9 nitrogen and oxygen atoms in total. The molecule has 0 atom stereocenters. The fraction of sp³-hybridized carbons (Fsp3) is 0.308. The van der Waals surface area contributed by atoms with E-state index in [1.165, 1.54) is 0 Å². The summed E-state index contributed by atoms with van der Waals surface area (Å²) in [6, 6.07) is 16.2. The molecule has 0 fully saturated rings. The van der Waals surface area contributed by atoms with Crippen LogP contribution in [0.3, 0.4) is 0 Å². The second-order valence-electron chi connectivity index (χ2n) is 9.84. The molecule has 0 bridgehead atoms. The van der Waals surface area contributed by atoms with Crippen LogP contribution in [0, 0.1) is 5.41 Å². The molecule has 0 saturated carbocycles. The highest BCUT2D eigenvalue weighted by Crippen LogP contribution is 2.33. The summed E-state index contributed by atoms with van der Waals surface area (Å²) >= 11 is 0. The lowest BCUT2D eigenvalue weighted by Crippen LogP contribution is -2.18. The molecule has 0 unspecified atom stereocenters. The van der Waals surface area contributed by atoms with Crippen LogP contribution in [-0.4, -0.2) is 40.4 Å². The molecule has 3 aromatic heterocycles. The van der Waals surface area contributed by atoms with Crippen molar-refractivity contribution in [3.05, 3.63) is 76.0 Å². The third kappa shape index (κ3) is 4.37. The standard InChI is InChI=1S/C26H28N8O/c1-5-20-22-23(25(35)31-28-20)34(21(27-22)14-26(2,3)4)15-16-10-6-7-11-17(16)18-12-8-9-13-19(18)24-29-32-33-30-24/h6-13H,5,14-15H2,1-4H3,(H,31,35)(H,29,30,32,33). The van der Waals surface area contributed by atoms with Crippen molar-refractivity contribution in [2.45, 2.75) is 47.1 Å². The van der Waals surface area contributed by atoms with Crippen LogP contribution < -0.4 is 5.56 Å². The van der Waals surface area contributed by atoms with Gasteiger partial charge in [0.1, 0.15) is 16.9 Å². The average molecular weight is 469 g/mol. The van der Waals surface area contributed by atoms with E-state index in [0.717, 1.165) is 40.2 Å². The Kier molecular flexibility index (Phi) is 5.76. The van der Waals surface area contributed by atoms with Gasteiger partial charge in [-0.15, -0.1) is 10.2 Å².